The number of rotatable bonds is 5. The zero-order chi connectivity index (χ0) is 21.4. The molecule has 1 N–H and O–H groups in total. The number of anilines is 1. The predicted molar refractivity (Wildman–Crippen MR) is 119 cm³/mol. The number of fused-ring (bicyclic) bond motifs is 2. The number of hydrogen-bond acceptors (Lipinski definition) is 7. The van der Waals surface area contributed by atoms with Crippen molar-refractivity contribution in [2.45, 2.75) is 50.4 Å². The van der Waals surface area contributed by atoms with E-state index in [-0.39, 0.29) is 29.9 Å². The lowest BCUT2D eigenvalue weighted by Gasteiger charge is -2.33. The number of nitrogens with zero attached hydrogens (tertiary/aromatic N) is 5. The molecule has 2 saturated heterocycles. The van der Waals surface area contributed by atoms with Gasteiger partial charge in [0.2, 0.25) is 11.8 Å². The van der Waals surface area contributed by atoms with Gasteiger partial charge in [0.15, 0.2) is 0 Å². The Balaban J connectivity index is 1.23. The third-order valence-electron chi connectivity index (χ3n) is 7.00. The lowest BCUT2D eigenvalue weighted by molar-refractivity contribution is -0.126. The highest BCUT2D eigenvalue weighted by molar-refractivity contribution is 7.03. The van der Waals surface area contributed by atoms with Crippen LogP contribution < -0.4 is 10.2 Å². The van der Waals surface area contributed by atoms with E-state index in [1.54, 1.807) is 0 Å². The molecular weight excluding hydrogens is 412 g/mol. The zero-order valence-electron chi connectivity index (χ0n) is 17.7. The molecule has 1 aromatic heterocycles. The molecule has 5 rings (SSSR count). The highest BCUT2D eigenvalue weighted by atomic mass is 32.1. The van der Waals surface area contributed by atoms with Crippen LogP contribution in [-0.4, -0.2) is 76.0 Å². The van der Waals surface area contributed by atoms with E-state index in [1.807, 2.05) is 28.5 Å². The van der Waals surface area contributed by atoms with Crippen molar-refractivity contribution >= 4 is 29.0 Å². The van der Waals surface area contributed by atoms with Crippen LogP contribution in [0.4, 0.5) is 5.69 Å². The topological polar surface area (TPSA) is 81.7 Å². The zero-order valence-corrected chi connectivity index (χ0v) is 18.6. The second kappa shape index (κ2) is 8.64. The number of amides is 2. The summed E-state index contributed by atoms with van der Waals surface area (Å²) in [4.78, 5) is 32.3. The third kappa shape index (κ3) is 3.97. The van der Waals surface area contributed by atoms with Gasteiger partial charge in [0.1, 0.15) is 6.04 Å². The molecule has 0 bridgehead atoms. The van der Waals surface area contributed by atoms with Crippen molar-refractivity contribution in [3.8, 4) is 0 Å². The number of para-hydroxylation sites is 1. The number of aromatic nitrogens is 2. The molecule has 31 heavy (non-hydrogen) atoms. The van der Waals surface area contributed by atoms with Crippen LogP contribution in [0.15, 0.2) is 29.6 Å². The predicted octanol–water partition coefficient (Wildman–Crippen LogP) is 1.28. The Bertz CT molecular complexity index is 951. The summed E-state index contributed by atoms with van der Waals surface area (Å²) < 4.78 is 3.94. The van der Waals surface area contributed by atoms with Crippen molar-refractivity contribution < 1.29 is 9.59 Å². The molecule has 0 unspecified atom stereocenters. The molecule has 0 saturated carbocycles. The summed E-state index contributed by atoms with van der Waals surface area (Å²) in [5.41, 5.74) is 3.22. The first-order valence-electron chi connectivity index (χ1n) is 11.0. The summed E-state index contributed by atoms with van der Waals surface area (Å²) in [7, 11) is 2.10. The Morgan fingerprint density at radius 1 is 1.29 bits per heavy atom. The standard InChI is InChI=1S/C22H28N6O2S/c1-26-17(6-7-20(29)28-11-8-15-4-2-3-5-18(15)28)12-23-22(30)21-19(26)9-10-27(21)13-16-14-31-25-24-16/h2-5,14,17,19,21H,6-13H2,1H3,(H,23,30)/t17-,19-,21-/m0/s1. The second-order valence-corrected chi connectivity index (χ2v) is 9.30. The summed E-state index contributed by atoms with van der Waals surface area (Å²) >= 11 is 1.34. The van der Waals surface area contributed by atoms with Gasteiger partial charge in [-0.1, -0.05) is 22.7 Å². The largest absolute Gasteiger partial charge is 0.353 e. The summed E-state index contributed by atoms with van der Waals surface area (Å²) in [6, 6.07) is 8.29. The maximum absolute atomic E-state index is 13.0. The third-order valence-corrected chi connectivity index (χ3v) is 7.55. The molecule has 3 aliphatic rings. The van der Waals surface area contributed by atoms with E-state index in [9.17, 15) is 9.59 Å². The Kier molecular flexibility index (Phi) is 5.73. The van der Waals surface area contributed by atoms with E-state index in [0.717, 1.165) is 43.7 Å². The first-order chi connectivity index (χ1) is 15.1. The molecule has 164 valence electrons. The Morgan fingerprint density at radius 2 is 2.16 bits per heavy atom. The van der Waals surface area contributed by atoms with Crippen LogP contribution in [0.3, 0.4) is 0 Å². The van der Waals surface area contributed by atoms with Crippen LogP contribution in [0, 0.1) is 0 Å². The van der Waals surface area contributed by atoms with Crippen molar-refractivity contribution in [1.82, 2.24) is 24.7 Å². The molecule has 3 aliphatic heterocycles. The van der Waals surface area contributed by atoms with Gasteiger partial charge in [0, 0.05) is 55.8 Å². The van der Waals surface area contributed by atoms with E-state index in [2.05, 4.69) is 37.8 Å². The van der Waals surface area contributed by atoms with Crippen LogP contribution in [-0.2, 0) is 22.6 Å². The van der Waals surface area contributed by atoms with Crippen molar-refractivity contribution in [1.29, 1.82) is 0 Å². The first-order valence-corrected chi connectivity index (χ1v) is 11.8. The average molecular weight is 441 g/mol. The molecule has 8 nitrogen and oxygen atoms in total. The number of carbonyl (C=O) groups excluding carboxylic acids is 2. The normalized spacial score (nSPS) is 26.4. The van der Waals surface area contributed by atoms with Gasteiger partial charge in [-0.2, -0.15) is 0 Å². The minimum absolute atomic E-state index is 0.0832. The Morgan fingerprint density at radius 3 is 3.00 bits per heavy atom. The van der Waals surface area contributed by atoms with Crippen LogP contribution in [0.25, 0.3) is 0 Å². The van der Waals surface area contributed by atoms with E-state index in [4.69, 9.17) is 0 Å². The Labute approximate surface area is 186 Å². The second-order valence-electron chi connectivity index (χ2n) is 8.69. The molecule has 2 fully saturated rings. The molecule has 0 aliphatic carbocycles. The molecule has 9 heteroatoms. The fourth-order valence-corrected chi connectivity index (χ4v) is 5.75. The monoisotopic (exact) mass is 440 g/mol. The molecule has 2 aromatic rings. The van der Waals surface area contributed by atoms with Gasteiger partial charge >= 0.3 is 0 Å². The van der Waals surface area contributed by atoms with Gasteiger partial charge in [-0.3, -0.25) is 19.4 Å². The minimum atomic E-state index is -0.183. The van der Waals surface area contributed by atoms with Gasteiger partial charge in [-0.25, -0.2) is 0 Å². The highest BCUT2D eigenvalue weighted by Crippen LogP contribution is 2.30. The number of hydrogen-bond donors (Lipinski definition) is 1. The highest BCUT2D eigenvalue weighted by Gasteiger charge is 2.45. The van der Waals surface area contributed by atoms with Crippen molar-refractivity contribution in [3.05, 3.63) is 40.9 Å². The number of benzene rings is 1. The fraction of sp³-hybridized carbons (Fsp3) is 0.545. The number of likely N-dealkylation sites (tertiary alicyclic amines) is 1. The number of carbonyl (C=O) groups is 2. The summed E-state index contributed by atoms with van der Waals surface area (Å²) in [5, 5.41) is 9.22. The molecule has 1 aromatic carbocycles. The van der Waals surface area contributed by atoms with E-state index >= 15 is 0 Å². The van der Waals surface area contributed by atoms with E-state index < -0.39 is 0 Å². The molecule has 3 atom stereocenters. The minimum Gasteiger partial charge on any atom is -0.353 e. The van der Waals surface area contributed by atoms with Gasteiger partial charge < -0.3 is 10.2 Å². The molecule has 0 spiro atoms. The summed E-state index contributed by atoms with van der Waals surface area (Å²) in [6.45, 7) is 2.86. The summed E-state index contributed by atoms with van der Waals surface area (Å²) in [6.07, 6.45) is 3.10. The summed E-state index contributed by atoms with van der Waals surface area (Å²) in [5.74, 6) is 0.259. The van der Waals surface area contributed by atoms with E-state index in [1.165, 1.54) is 17.1 Å². The van der Waals surface area contributed by atoms with Gasteiger partial charge in [-0.05, 0) is 49.5 Å². The van der Waals surface area contributed by atoms with Crippen molar-refractivity contribution in [2.75, 3.05) is 31.6 Å². The Hall–Kier alpha value is -2.36. The van der Waals surface area contributed by atoms with Crippen LogP contribution in [0.2, 0.25) is 0 Å². The van der Waals surface area contributed by atoms with Crippen LogP contribution >= 0.6 is 11.5 Å². The van der Waals surface area contributed by atoms with Gasteiger partial charge in [-0.15, -0.1) is 5.10 Å². The van der Waals surface area contributed by atoms with Gasteiger partial charge in [0.05, 0.1) is 5.69 Å². The van der Waals surface area contributed by atoms with Crippen molar-refractivity contribution in [3.63, 3.8) is 0 Å². The first kappa shape index (κ1) is 20.5. The van der Waals surface area contributed by atoms with Crippen molar-refractivity contribution in [2.24, 2.45) is 0 Å². The lowest BCUT2D eigenvalue weighted by Crippen LogP contribution is -2.49. The number of likely N-dealkylation sites (N-methyl/N-ethyl adjacent to an activating group) is 1. The van der Waals surface area contributed by atoms with E-state index in [0.29, 0.717) is 19.5 Å². The maximum Gasteiger partial charge on any atom is 0.239 e. The van der Waals surface area contributed by atoms with Crippen LogP contribution in [0.5, 0.6) is 0 Å². The molecular formula is C22H28N6O2S. The molecule has 0 radical (unpaired) electrons. The SMILES string of the molecule is CN1[C@@H](CCC(=O)N2CCc3ccccc32)CNC(=O)[C@@H]2[C@@H]1CCN2Cc1csnn1. The fourth-order valence-electron chi connectivity index (χ4n) is 5.31. The molecule has 2 amide bonds. The lowest BCUT2D eigenvalue weighted by atomic mass is 10.0. The smallest absolute Gasteiger partial charge is 0.239 e. The molecule has 4 heterocycles. The van der Waals surface area contributed by atoms with Gasteiger partial charge in [0.25, 0.3) is 0 Å². The quantitative estimate of drug-likeness (QED) is 0.754. The number of nitrogens with one attached hydrogen (secondary N) is 1. The average Bonchev–Trinajstić information content (AvgIpc) is 3.51. The van der Waals surface area contributed by atoms with Crippen LogP contribution in [0.1, 0.15) is 30.5 Å². The maximum atomic E-state index is 13.0.